The molecule has 0 aliphatic carbocycles. The van der Waals surface area contributed by atoms with Gasteiger partial charge in [-0.2, -0.15) is 0 Å². The van der Waals surface area contributed by atoms with Gasteiger partial charge in [0.25, 0.3) is 0 Å². The van der Waals surface area contributed by atoms with E-state index in [2.05, 4.69) is 16.3 Å². The van der Waals surface area contributed by atoms with Gasteiger partial charge in [-0.3, -0.25) is 4.79 Å². The number of hydrogen-bond donors (Lipinski definition) is 1. The van der Waals surface area contributed by atoms with Gasteiger partial charge in [-0.25, -0.2) is 0 Å². The Kier molecular flexibility index (Phi) is 5.16. The van der Waals surface area contributed by atoms with Crippen LogP contribution in [0, 0.1) is 6.92 Å². The fourth-order valence-corrected chi connectivity index (χ4v) is 3.01. The zero-order chi connectivity index (χ0) is 16.9. The molecule has 0 bridgehead atoms. The van der Waals surface area contributed by atoms with Crippen molar-refractivity contribution < 1.29 is 9.53 Å². The Morgan fingerprint density at radius 1 is 1.21 bits per heavy atom. The molecule has 1 N–H and O–H groups in total. The summed E-state index contributed by atoms with van der Waals surface area (Å²) in [4.78, 5) is 14.3. The molecule has 0 saturated carbocycles. The highest BCUT2D eigenvalue weighted by Crippen LogP contribution is 2.28. The van der Waals surface area contributed by atoms with Crippen LogP contribution < -0.4 is 10.1 Å². The van der Waals surface area contributed by atoms with Gasteiger partial charge >= 0.3 is 0 Å². The maximum atomic E-state index is 12.1. The van der Waals surface area contributed by atoms with Crippen LogP contribution in [0.5, 0.6) is 5.75 Å². The molecule has 0 unspecified atom stereocenters. The lowest BCUT2D eigenvalue weighted by molar-refractivity contribution is -0.116. The van der Waals surface area contributed by atoms with Crippen LogP contribution in [-0.4, -0.2) is 37.0 Å². The zero-order valence-corrected chi connectivity index (χ0v) is 14.3. The number of nitrogens with zero attached hydrogens (tertiary/aromatic N) is 1. The molecule has 1 atom stereocenters. The first-order chi connectivity index (χ1) is 11.6. The molecule has 126 valence electrons. The van der Waals surface area contributed by atoms with Gasteiger partial charge in [0.2, 0.25) is 5.91 Å². The highest BCUT2D eigenvalue weighted by atomic mass is 16.5. The van der Waals surface area contributed by atoms with Crippen molar-refractivity contribution in [1.29, 1.82) is 0 Å². The Balaban J connectivity index is 1.42. The molecule has 2 aromatic rings. The second-order valence-corrected chi connectivity index (χ2v) is 6.43. The molecule has 0 radical (unpaired) electrons. The van der Waals surface area contributed by atoms with Crippen LogP contribution >= 0.6 is 0 Å². The molecule has 3 rings (SSSR count). The highest BCUT2D eigenvalue weighted by molar-refractivity contribution is 5.91. The first-order valence-electron chi connectivity index (χ1n) is 8.40. The number of amides is 1. The quantitative estimate of drug-likeness (QED) is 0.887. The number of rotatable bonds is 6. The second kappa shape index (κ2) is 7.49. The third-order valence-electron chi connectivity index (χ3n) is 4.37. The molecule has 4 heteroatoms. The Bertz CT molecular complexity index is 689. The summed E-state index contributed by atoms with van der Waals surface area (Å²) in [6.45, 7) is 3.54. The van der Waals surface area contributed by atoms with Crippen molar-refractivity contribution in [1.82, 2.24) is 4.90 Å². The summed E-state index contributed by atoms with van der Waals surface area (Å²) >= 11 is 0. The van der Waals surface area contributed by atoms with Crippen molar-refractivity contribution in [3.8, 4) is 5.75 Å². The van der Waals surface area contributed by atoms with Gasteiger partial charge in [-0.05, 0) is 37.2 Å². The van der Waals surface area contributed by atoms with Crippen molar-refractivity contribution >= 4 is 11.6 Å². The maximum Gasteiger partial charge on any atom is 0.225 e. The summed E-state index contributed by atoms with van der Waals surface area (Å²) in [6, 6.07) is 16.0. The fraction of sp³-hybridized carbons (Fsp3) is 0.350. The van der Waals surface area contributed by atoms with Crippen molar-refractivity contribution in [3.63, 3.8) is 0 Å². The number of anilines is 1. The van der Waals surface area contributed by atoms with Crippen LogP contribution in [0.25, 0.3) is 0 Å². The Hall–Kier alpha value is -2.33. The molecule has 0 saturated heterocycles. The first-order valence-corrected chi connectivity index (χ1v) is 8.40. The number of nitrogens with one attached hydrogen (secondary N) is 1. The molecule has 1 aliphatic rings. The lowest BCUT2D eigenvalue weighted by atomic mass is 10.1. The lowest BCUT2D eigenvalue weighted by Crippen LogP contribution is -2.34. The van der Waals surface area contributed by atoms with Gasteiger partial charge in [-0.15, -0.1) is 0 Å². The summed E-state index contributed by atoms with van der Waals surface area (Å²) in [5, 5.41) is 2.98. The van der Waals surface area contributed by atoms with Crippen LogP contribution in [0.2, 0.25) is 0 Å². The third-order valence-corrected chi connectivity index (χ3v) is 4.37. The normalized spacial score (nSPS) is 15.9. The Labute approximate surface area is 143 Å². The number of para-hydroxylation sites is 2. The van der Waals surface area contributed by atoms with Crippen molar-refractivity contribution in [2.24, 2.45) is 0 Å². The summed E-state index contributed by atoms with van der Waals surface area (Å²) in [7, 11) is 2.04. The third kappa shape index (κ3) is 4.15. The molecule has 1 amide bonds. The molecule has 1 aliphatic heterocycles. The van der Waals surface area contributed by atoms with Crippen LogP contribution in [0.4, 0.5) is 5.69 Å². The predicted molar refractivity (Wildman–Crippen MR) is 96.5 cm³/mol. The van der Waals surface area contributed by atoms with Gasteiger partial charge in [0.1, 0.15) is 11.9 Å². The number of carbonyl (C=O) groups is 1. The van der Waals surface area contributed by atoms with Crippen LogP contribution in [0.15, 0.2) is 48.5 Å². The summed E-state index contributed by atoms with van der Waals surface area (Å²) in [5.74, 6) is 1.04. The number of carbonyl (C=O) groups excluding carboxylic acids is 1. The van der Waals surface area contributed by atoms with E-state index >= 15 is 0 Å². The standard InChI is InChI=1S/C20H24N2O2/c1-15-7-3-5-9-18(15)21-20(23)11-12-22(2)14-17-13-16-8-4-6-10-19(16)24-17/h3-10,17H,11-14H2,1-2H3,(H,21,23)/t17-/m1/s1. The van der Waals surface area contributed by atoms with E-state index in [1.54, 1.807) is 0 Å². The van der Waals surface area contributed by atoms with E-state index in [0.29, 0.717) is 13.0 Å². The molecule has 2 aromatic carbocycles. The first kappa shape index (κ1) is 16.5. The van der Waals surface area contributed by atoms with E-state index in [1.807, 2.05) is 56.4 Å². The van der Waals surface area contributed by atoms with E-state index < -0.39 is 0 Å². The molecular weight excluding hydrogens is 300 g/mol. The number of fused-ring (bicyclic) bond motifs is 1. The van der Waals surface area contributed by atoms with Gasteiger partial charge in [0, 0.05) is 31.6 Å². The van der Waals surface area contributed by atoms with Crippen molar-refractivity contribution in [3.05, 3.63) is 59.7 Å². The Morgan fingerprint density at radius 2 is 1.96 bits per heavy atom. The lowest BCUT2D eigenvalue weighted by Gasteiger charge is -2.20. The minimum atomic E-state index is 0.0479. The molecular formula is C20H24N2O2. The van der Waals surface area contributed by atoms with E-state index in [4.69, 9.17) is 4.74 Å². The summed E-state index contributed by atoms with van der Waals surface area (Å²) < 4.78 is 5.95. The SMILES string of the molecule is Cc1ccccc1NC(=O)CCN(C)C[C@H]1Cc2ccccc2O1. The monoisotopic (exact) mass is 324 g/mol. The number of hydrogen-bond acceptors (Lipinski definition) is 3. The second-order valence-electron chi connectivity index (χ2n) is 6.43. The summed E-state index contributed by atoms with van der Waals surface area (Å²) in [6.07, 6.45) is 1.59. The largest absolute Gasteiger partial charge is 0.488 e. The molecule has 0 aromatic heterocycles. The number of aryl methyl sites for hydroxylation is 1. The maximum absolute atomic E-state index is 12.1. The minimum Gasteiger partial charge on any atom is -0.488 e. The van der Waals surface area contributed by atoms with Crippen molar-refractivity contribution in [2.45, 2.75) is 25.9 Å². The highest BCUT2D eigenvalue weighted by Gasteiger charge is 2.23. The predicted octanol–water partition coefficient (Wildman–Crippen LogP) is 3.26. The van der Waals surface area contributed by atoms with E-state index in [0.717, 1.165) is 30.0 Å². The zero-order valence-electron chi connectivity index (χ0n) is 14.3. The average Bonchev–Trinajstić information content (AvgIpc) is 2.97. The van der Waals surface area contributed by atoms with Crippen LogP contribution in [0.3, 0.4) is 0 Å². The topological polar surface area (TPSA) is 41.6 Å². The van der Waals surface area contributed by atoms with Gasteiger partial charge in [0.15, 0.2) is 0 Å². The molecule has 1 heterocycles. The van der Waals surface area contributed by atoms with Gasteiger partial charge in [-0.1, -0.05) is 36.4 Å². The van der Waals surface area contributed by atoms with Crippen molar-refractivity contribution in [2.75, 3.05) is 25.5 Å². The van der Waals surface area contributed by atoms with Crippen LogP contribution in [-0.2, 0) is 11.2 Å². The molecule has 0 fully saturated rings. The summed E-state index contributed by atoms with van der Waals surface area (Å²) in [5.41, 5.74) is 3.24. The Morgan fingerprint density at radius 3 is 2.75 bits per heavy atom. The van der Waals surface area contributed by atoms with Gasteiger partial charge < -0.3 is 15.0 Å². The minimum absolute atomic E-state index is 0.0479. The number of ether oxygens (including phenoxy) is 1. The number of likely N-dealkylation sites (N-methyl/N-ethyl adjacent to an activating group) is 1. The fourth-order valence-electron chi connectivity index (χ4n) is 3.01. The van der Waals surface area contributed by atoms with Gasteiger partial charge in [0.05, 0.1) is 0 Å². The smallest absolute Gasteiger partial charge is 0.225 e. The van der Waals surface area contributed by atoms with Crippen LogP contribution in [0.1, 0.15) is 17.5 Å². The number of benzene rings is 2. The average molecular weight is 324 g/mol. The molecule has 0 spiro atoms. The van der Waals surface area contributed by atoms with E-state index in [-0.39, 0.29) is 12.0 Å². The molecule has 4 nitrogen and oxygen atoms in total. The van der Waals surface area contributed by atoms with E-state index in [9.17, 15) is 4.79 Å². The molecule has 24 heavy (non-hydrogen) atoms. The van der Waals surface area contributed by atoms with E-state index in [1.165, 1.54) is 5.56 Å².